The Balaban J connectivity index is 1.74. The van der Waals surface area contributed by atoms with Gasteiger partial charge in [-0.25, -0.2) is 9.97 Å². The first kappa shape index (κ1) is 12.9. The average molecular weight is 261 g/mol. The summed E-state index contributed by atoms with van der Waals surface area (Å²) in [6, 6.07) is 2.81. The average Bonchev–Trinajstić information content (AvgIpc) is 3.02. The highest BCUT2D eigenvalue weighted by atomic mass is 16.5. The van der Waals surface area contributed by atoms with E-state index in [9.17, 15) is 0 Å². The van der Waals surface area contributed by atoms with Crippen molar-refractivity contribution in [3.63, 3.8) is 0 Å². The summed E-state index contributed by atoms with van der Waals surface area (Å²) in [5.41, 5.74) is 1.14. The second-order valence-electron chi connectivity index (χ2n) is 5.76. The lowest BCUT2D eigenvalue weighted by Gasteiger charge is -2.32. The van der Waals surface area contributed by atoms with Crippen LogP contribution in [0.15, 0.2) is 12.4 Å². The summed E-state index contributed by atoms with van der Waals surface area (Å²) in [5, 5.41) is 0. The molecule has 4 heteroatoms. The number of ether oxygens (including phenoxy) is 1. The van der Waals surface area contributed by atoms with Crippen molar-refractivity contribution in [1.29, 1.82) is 0 Å². The van der Waals surface area contributed by atoms with Crippen molar-refractivity contribution in [2.24, 2.45) is 0 Å². The van der Waals surface area contributed by atoms with E-state index in [1.54, 1.807) is 6.33 Å². The molecule has 1 saturated heterocycles. The van der Waals surface area contributed by atoms with Gasteiger partial charge >= 0.3 is 0 Å². The van der Waals surface area contributed by atoms with Gasteiger partial charge in [-0.3, -0.25) is 0 Å². The fourth-order valence-electron chi connectivity index (χ4n) is 3.20. The van der Waals surface area contributed by atoms with Crippen LogP contribution in [0.4, 0.5) is 5.82 Å². The molecule has 0 radical (unpaired) electrons. The molecule has 1 saturated carbocycles. The van der Waals surface area contributed by atoms with E-state index in [1.165, 1.54) is 32.1 Å². The summed E-state index contributed by atoms with van der Waals surface area (Å²) < 4.78 is 5.45. The Morgan fingerprint density at radius 1 is 1.16 bits per heavy atom. The molecular formula is C15H23N3O. The molecule has 2 aliphatic rings. The highest BCUT2D eigenvalue weighted by Gasteiger charge is 2.22. The molecule has 1 aromatic rings. The molecule has 1 aromatic heterocycles. The summed E-state index contributed by atoms with van der Waals surface area (Å²) in [4.78, 5) is 11.2. The lowest BCUT2D eigenvalue weighted by molar-refractivity contribution is 0.193. The standard InChI is InChI=1S/C15H23N3O/c1-18(13-5-3-2-4-6-13)15-9-14(16-11-17-15)12-7-8-19-10-12/h9,11-13H,2-8,10H2,1H3. The number of rotatable bonds is 3. The molecule has 2 heterocycles. The Hall–Kier alpha value is -1.16. The van der Waals surface area contributed by atoms with Crippen molar-refractivity contribution >= 4 is 5.82 Å². The predicted octanol–water partition coefficient (Wildman–Crippen LogP) is 2.75. The van der Waals surface area contributed by atoms with Gasteiger partial charge in [-0.05, 0) is 19.3 Å². The first-order valence-electron chi connectivity index (χ1n) is 7.47. The van der Waals surface area contributed by atoms with Gasteiger partial charge in [-0.1, -0.05) is 19.3 Å². The Kier molecular flexibility index (Phi) is 3.97. The normalized spacial score (nSPS) is 24.6. The van der Waals surface area contributed by atoms with Crippen LogP contribution in [0, 0.1) is 0 Å². The van der Waals surface area contributed by atoms with Gasteiger partial charge in [0.25, 0.3) is 0 Å². The van der Waals surface area contributed by atoms with Gasteiger partial charge in [0.05, 0.1) is 12.3 Å². The summed E-state index contributed by atoms with van der Waals surface area (Å²) in [7, 11) is 2.17. The Labute approximate surface area is 115 Å². The van der Waals surface area contributed by atoms with Crippen molar-refractivity contribution < 1.29 is 4.74 Å². The van der Waals surface area contributed by atoms with E-state index in [4.69, 9.17) is 4.74 Å². The molecule has 4 nitrogen and oxygen atoms in total. The number of nitrogens with zero attached hydrogens (tertiary/aromatic N) is 3. The molecule has 1 aliphatic carbocycles. The largest absolute Gasteiger partial charge is 0.381 e. The van der Waals surface area contributed by atoms with Crippen LogP contribution in [0.3, 0.4) is 0 Å². The fourth-order valence-corrected chi connectivity index (χ4v) is 3.20. The van der Waals surface area contributed by atoms with Crippen molar-refractivity contribution in [1.82, 2.24) is 9.97 Å². The van der Waals surface area contributed by atoms with Gasteiger partial charge in [0.2, 0.25) is 0 Å². The van der Waals surface area contributed by atoms with E-state index < -0.39 is 0 Å². The van der Waals surface area contributed by atoms with Crippen molar-refractivity contribution in [2.75, 3.05) is 25.2 Å². The number of aromatic nitrogens is 2. The van der Waals surface area contributed by atoms with Crippen molar-refractivity contribution in [2.45, 2.75) is 50.5 Å². The summed E-state index contributed by atoms with van der Waals surface area (Å²) in [6.45, 7) is 1.67. The van der Waals surface area contributed by atoms with Crippen molar-refractivity contribution in [3.05, 3.63) is 18.1 Å². The minimum atomic E-state index is 0.460. The van der Waals surface area contributed by atoms with Gasteiger partial charge in [0.1, 0.15) is 12.1 Å². The molecule has 1 atom stereocenters. The molecule has 19 heavy (non-hydrogen) atoms. The lowest BCUT2D eigenvalue weighted by atomic mass is 9.94. The molecule has 1 aliphatic heterocycles. The SMILES string of the molecule is CN(c1cc(C2CCOC2)ncn1)C1CCCCC1. The number of hydrogen-bond donors (Lipinski definition) is 0. The van der Waals surface area contributed by atoms with Crippen LogP contribution in [0.1, 0.15) is 50.1 Å². The number of hydrogen-bond acceptors (Lipinski definition) is 4. The summed E-state index contributed by atoms with van der Waals surface area (Å²) >= 11 is 0. The van der Waals surface area contributed by atoms with Crippen LogP contribution in [0.2, 0.25) is 0 Å². The van der Waals surface area contributed by atoms with E-state index in [0.717, 1.165) is 31.1 Å². The van der Waals surface area contributed by atoms with E-state index >= 15 is 0 Å². The van der Waals surface area contributed by atoms with Crippen molar-refractivity contribution in [3.8, 4) is 0 Å². The predicted molar refractivity (Wildman–Crippen MR) is 75.5 cm³/mol. The first-order valence-corrected chi connectivity index (χ1v) is 7.47. The maximum atomic E-state index is 5.45. The Morgan fingerprint density at radius 3 is 2.74 bits per heavy atom. The third kappa shape index (κ3) is 2.89. The second kappa shape index (κ2) is 5.87. The van der Waals surface area contributed by atoms with E-state index in [2.05, 4.69) is 28.0 Å². The molecule has 1 unspecified atom stereocenters. The van der Waals surface area contributed by atoms with Crippen LogP contribution in [-0.4, -0.2) is 36.3 Å². The summed E-state index contributed by atoms with van der Waals surface area (Å²) in [5.74, 6) is 1.53. The Morgan fingerprint density at radius 2 is 2.00 bits per heavy atom. The van der Waals surface area contributed by atoms with Crippen LogP contribution >= 0.6 is 0 Å². The molecule has 3 rings (SSSR count). The van der Waals surface area contributed by atoms with Gasteiger partial charge in [-0.2, -0.15) is 0 Å². The molecule has 104 valence electrons. The highest BCUT2D eigenvalue weighted by molar-refractivity contribution is 5.40. The second-order valence-corrected chi connectivity index (χ2v) is 5.76. The van der Waals surface area contributed by atoms with E-state index in [-0.39, 0.29) is 0 Å². The molecule has 2 fully saturated rings. The molecule has 0 bridgehead atoms. The van der Waals surface area contributed by atoms with Crippen LogP contribution < -0.4 is 4.90 Å². The topological polar surface area (TPSA) is 38.2 Å². The molecule has 0 amide bonds. The van der Waals surface area contributed by atoms with Crippen LogP contribution in [0.5, 0.6) is 0 Å². The minimum absolute atomic E-state index is 0.460. The zero-order chi connectivity index (χ0) is 13.1. The fraction of sp³-hybridized carbons (Fsp3) is 0.733. The smallest absolute Gasteiger partial charge is 0.132 e. The van der Waals surface area contributed by atoms with Gasteiger partial charge < -0.3 is 9.64 Å². The zero-order valence-corrected chi connectivity index (χ0v) is 11.7. The van der Waals surface area contributed by atoms with E-state index in [1.807, 2.05) is 0 Å². The van der Waals surface area contributed by atoms with Crippen LogP contribution in [-0.2, 0) is 4.74 Å². The molecule has 0 spiro atoms. The maximum absolute atomic E-state index is 5.45. The third-order valence-electron chi connectivity index (χ3n) is 4.51. The monoisotopic (exact) mass is 261 g/mol. The van der Waals surface area contributed by atoms with Gasteiger partial charge in [0, 0.05) is 31.7 Å². The van der Waals surface area contributed by atoms with Gasteiger partial charge in [-0.15, -0.1) is 0 Å². The third-order valence-corrected chi connectivity index (χ3v) is 4.51. The number of anilines is 1. The van der Waals surface area contributed by atoms with Gasteiger partial charge in [0.15, 0.2) is 0 Å². The molecular weight excluding hydrogens is 238 g/mol. The molecule has 0 aromatic carbocycles. The van der Waals surface area contributed by atoms with E-state index in [0.29, 0.717) is 12.0 Å². The zero-order valence-electron chi connectivity index (χ0n) is 11.7. The molecule has 0 N–H and O–H groups in total. The lowest BCUT2D eigenvalue weighted by Crippen LogP contribution is -2.34. The first-order chi connectivity index (χ1) is 9.34. The quantitative estimate of drug-likeness (QED) is 0.838. The maximum Gasteiger partial charge on any atom is 0.132 e. The summed E-state index contributed by atoms with van der Waals surface area (Å²) in [6.07, 6.45) is 9.47. The van der Waals surface area contributed by atoms with Crippen LogP contribution in [0.25, 0.3) is 0 Å². The highest BCUT2D eigenvalue weighted by Crippen LogP contribution is 2.28. The minimum Gasteiger partial charge on any atom is -0.381 e. The Bertz CT molecular complexity index is 412.